The quantitative estimate of drug-likeness (QED) is 0.480. The highest BCUT2D eigenvalue weighted by Crippen LogP contribution is 2.42. The molecule has 4 rings (SSSR count). The molecule has 1 atom stereocenters. The van der Waals surface area contributed by atoms with Crippen molar-refractivity contribution in [2.24, 2.45) is 5.92 Å². The second-order valence-corrected chi connectivity index (χ2v) is 10.3. The Morgan fingerprint density at radius 1 is 0.719 bits per heavy atom. The number of halogens is 4. The first-order chi connectivity index (χ1) is 15.1. The average Bonchev–Trinajstić information content (AvgIpc) is 2.67. The van der Waals surface area contributed by atoms with Crippen molar-refractivity contribution in [3.63, 3.8) is 0 Å². The summed E-state index contributed by atoms with van der Waals surface area (Å²) in [4.78, 5) is 1.99. The summed E-state index contributed by atoms with van der Waals surface area (Å²) < 4.78 is 79.5. The summed E-state index contributed by atoms with van der Waals surface area (Å²) in [5.41, 5.74) is 1.61. The molecule has 1 fully saturated rings. The lowest BCUT2D eigenvalue weighted by molar-refractivity contribution is 0.0654. The lowest BCUT2D eigenvalue weighted by Gasteiger charge is -2.47. The van der Waals surface area contributed by atoms with Gasteiger partial charge in [0, 0.05) is 31.3 Å². The van der Waals surface area contributed by atoms with Crippen LogP contribution in [0.2, 0.25) is 0 Å². The second-order valence-electron chi connectivity index (χ2n) is 8.17. The smallest absolute Gasteiger partial charge is 0.154 e. The summed E-state index contributed by atoms with van der Waals surface area (Å²) in [6, 6.07) is 14.3. The molecule has 1 unspecified atom stereocenters. The van der Waals surface area contributed by atoms with E-state index < -0.39 is 44.3 Å². The fourth-order valence-electron chi connectivity index (χ4n) is 4.46. The van der Waals surface area contributed by atoms with Crippen LogP contribution in [0.5, 0.6) is 0 Å². The van der Waals surface area contributed by atoms with Crippen molar-refractivity contribution in [1.29, 1.82) is 0 Å². The Kier molecular flexibility index (Phi) is 6.09. The monoisotopic (exact) mass is 463 g/mol. The summed E-state index contributed by atoms with van der Waals surface area (Å²) in [6.07, 6.45) is 1.06. The Hall–Kier alpha value is -2.71. The number of hydrogen-bond donors (Lipinski definition) is 0. The molecule has 0 saturated carbocycles. The van der Waals surface area contributed by atoms with Crippen molar-refractivity contribution in [1.82, 2.24) is 4.90 Å². The number of sulfone groups is 1. The summed E-state index contributed by atoms with van der Waals surface area (Å²) in [6.45, 7) is 0.657. The van der Waals surface area contributed by atoms with Crippen LogP contribution in [0.3, 0.4) is 0 Å². The zero-order chi connectivity index (χ0) is 23.0. The van der Waals surface area contributed by atoms with Gasteiger partial charge in [0.25, 0.3) is 0 Å². The van der Waals surface area contributed by atoms with E-state index in [0.29, 0.717) is 19.2 Å². The Morgan fingerprint density at radius 2 is 1.16 bits per heavy atom. The highest BCUT2D eigenvalue weighted by atomic mass is 32.2. The van der Waals surface area contributed by atoms with Crippen LogP contribution < -0.4 is 0 Å². The molecule has 0 spiro atoms. The van der Waals surface area contributed by atoms with Crippen molar-refractivity contribution in [3.8, 4) is 0 Å². The minimum atomic E-state index is -3.66. The third-order valence-corrected chi connectivity index (χ3v) is 7.36. The van der Waals surface area contributed by atoms with Crippen LogP contribution in [0.1, 0.15) is 28.0 Å². The van der Waals surface area contributed by atoms with E-state index in [-0.39, 0.29) is 11.6 Å². The molecule has 1 saturated heterocycles. The van der Waals surface area contributed by atoms with E-state index in [9.17, 15) is 26.0 Å². The van der Waals surface area contributed by atoms with E-state index in [1.165, 1.54) is 24.3 Å². The molecule has 3 aromatic carbocycles. The fourth-order valence-corrected chi connectivity index (χ4v) is 5.97. The molecule has 1 aliphatic heterocycles. The van der Waals surface area contributed by atoms with Gasteiger partial charge in [0.15, 0.2) is 9.84 Å². The molecular formula is C24H21F4NO2S. The maximum atomic E-state index is 13.8. The molecule has 3 nitrogen and oxygen atoms in total. The van der Waals surface area contributed by atoms with Crippen LogP contribution in [0.4, 0.5) is 17.6 Å². The number of benzene rings is 3. The molecule has 1 heterocycles. The highest BCUT2D eigenvalue weighted by Gasteiger charge is 2.43. The molecule has 0 aromatic heterocycles. The van der Waals surface area contributed by atoms with Gasteiger partial charge >= 0.3 is 0 Å². The Morgan fingerprint density at radius 3 is 1.56 bits per heavy atom. The largest absolute Gasteiger partial charge is 0.292 e. The molecule has 0 bridgehead atoms. The fraction of sp³-hybridized carbons (Fsp3) is 0.250. The topological polar surface area (TPSA) is 37.4 Å². The molecule has 168 valence electrons. The third-order valence-electron chi connectivity index (χ3n) is 5.78. The maximum absolute atomic E-state index is 13.8. The minimum Gasteiger partial charge on any atom is -0.292 e. The number of nitrogens with zero attached hydrogens (tertiary/aromatic N) is 1. The Labute approximate surface area is 184 Å². The van der Waals surface area contributed by atoms with Gasteiger partial charge in [0.05, 0.1) is 11.3 Å². The zero-order valence-electron chi connectivity index (χ0n) is 17.2. The van der Waals surface area contributed by atoms with Gasteiger partial charge in [0.1, 0.15) is 23.3 Å². The third kappa shape index (κ3) is 4.71. The van der Waals surface area contributed by atoms with Gasteiger partial charge in [-0.2, -0.15) is 0 Å². The molecule has 0 radical (unpaired) electrons. The van der Waals surface area contributed by atoms with Crippen LogP contribution in [-0.2, 0) is 9.84 Å². The van der Waals surface area contributed by atoms with E-state index in [0.717, 1.165) is 29.5 Å². The number of hydrogen-bond acceptors (Lipinski definition) is 3. The SMILES string of the molecule is CS(=O)(=O)C(c1cc(F)cc(F)c1)C1CN(C(c2ccc(F)cc2)c2ccc(F)cc2)C1. The standard InChI is InChI=1S/C24H21F4NO2S/c1-32(30,31)24(17-10-21(27)12-22(28)11-17)18-13-29(14-18)23(15-2-6-19(25)7-3-15)16-4-8-20(26)9-5-16/h2-12,18,23-24H,13-14H2,1H3. The normalized spacial score (nSPS) is 16.2. The first-order valence-corrected chi connectivity index (χ1v) is 12.0. The van der Waals surface area contributed by atoms with Gasteiger partial charge in [-0.15, -0.1) is 0 Å². The molecule has 1 aliphatic rings. The lowest BCUT2D eigenvalue weighted by atomic mass is 9.86. The lowest BCUT2D eigenvalue weighted by Crippen LogP contribution is -2.52. The average molecular weight is 463 g/mol. The van der Waals surface area contributed by atoms with Crippen LogP contribution in [-0.4, -0.2) is 32.7 Å². The molecule has 0 aliphatic carbocycles. The number of rotatable bonds is 6. The molecule has 3 aromatic rings. The molecule has 32 heavy (non-hydrogen) atoms. The molecule has 0 N–H and O–H groups in total. The van der Waals surface area contributed by atoms with Crippen molar-refractivity contribution in [3.05, 3.63) is 107 Å². The summed E-state index contributed by atoms with van der Waals surface area (Å²) in [7, 11) is -3.66. The predicted molar refractivity (Wildman–Crippen MR) is 114 cm³/mol. The van der Waals surface area contributed by atoms with Crippen LogP contribution in [0.25, 0.3) is 0 Å². The van der Waals surface area contributed by atoms with E-state index >= 15 is 0 Å². The molecule has 0 amide bonds. The van der Waals surface area contributed by atoms with Crippen molar-refractivity contribution in [2.75, 3.05) is 19.3 Å². The first-order valence-electron chi connectivity index (χ1n) is 10.0. The van der Waals surface area contributed by atoms with Gasteiger partial charge in [0.2, 0.25) is 0 Å². The summed E-state index contributed by atoms with van der Waals surface area (Å²) >= 11 is 0. The maximum Gasteiger partial charge on any atom is 0.154 e. The predicted octanol–water partition coefficient (Wildman–Crippen LogP) is 5.05. The van der Waals surface area contributed by atoms with E-state index in [2.05, 4.69) is 0 Å². The Balaban J connectivity index is 1.64. The van der Waals surface area contributed by atoms with Gasteiger partial charge in [-0.25, -0.2) is 26.0 Å². The summed E-state index contributed by atoms with van der Waals surface area (Å²) in [5.74, 6) is -2.84. The summed E-state index contributed by atoms with van der Waals surface area (Å²) in [5, 5.41) is -1.06. The number of likely N-dealkylation sites (tertiary alicyclic amines) is 1. The highest BCUT2D eigenvalue weighted by molar-refractivity contribution is 7.90. The van der Waals surface area contributed by atoms with Crippen molar-refractivity contribution < 1.29 is 26.0 Å². The van der Waals surface area contributed by atoms with Gasteiger partial charge in [-0.3, -0.25) is 4.90 Å². The molecule has 8 heteroatoms. The van der Waals surface area contributed by atoms with E-state index in [1.54, 1.807) is 24.3 Å². The first kappa shape index (κ1) is 22.5. The van der Waals surface area contributed by atoms with E-state index in [4.69, 9.17) is 0 Å². The van der Waals surface area contributed by atoms with Gasteiger partial charge in [-0.1, -0.05) is 24.3 Å². The second kappa shape index (κ2) is 8.67. The minimum absolute atomic E-state index is 0.0785. The Bertz CT molecular complexity index is 1140. The van der Waals surface area contributed by atoms with Crippen LogP contribution >= 0.6 is 0 Å². The van der Waals surface area contributed by atoms with Crippen molar-refractivity contribution in [2.45, 2.75) is 11.3 Å². The van der Waals surface area contributed by atoms with Crippen LogP contribution in [0, 0.1) is 29.2 Å². The van der Waals surface area contributed by atoms with Crippen LogP contribution in [0.15, 0.2) is 66.7 Å². The molecular weight excluding hydrogens is 442 g/mol. The van der Waals surface area contributed by atoms with E-state index in [1.807, 2.05) is 4.90 Å². The van der Waals surface area contributed by atoms with Gasteiger partial charge in [-0.05, 0) is 53.1 Å². The van der Waals surface area contributed by atoms with Gasteiger partial charge < -0.3 is 0 Å². The van der Waals surface area contributed by atoms with Crippen molar-refractivity contribution >= 4 is 9.84 Å². The zero-order valence-corrected chi connectivity index (χ0v) is 18.0.